The Labute approximate surface area is 126 Å². The second kappa shape index (κ2) is 5.85. The number of aryl methyl sites for hydroxylation is 2. The van der Waals surface area contributed by atoms with Gasteiger partial charge in [0.15, 0.2) is 11.5 Å². The van der Waals surface area contributed by atoms with Gasteiger partial charge in [0.25, 0.3) is 0 Å². The zero-order valence-electron chi connectivity index (χ0n) is 12.2. The molecule has 0 spiro atoms. The van der Waals surface area contributed by atoms with E-state index in [-0.39, 0.29) is 12.3 Å². The van der Waals surface area contributed by atoms with Crippen LogP contribution < -0.4 is 0 Å². The summed E-state index contributed by atoms with van der Waals surface area (Å²) in [7, 11) is 0. The third-order valence-electron chi connectivity index (χ3n) is 3.08. The molecule has 0 saturated heterocycles. The number of ether oxygens (including phenoxy) is 1. The minimum absolute atomic E-state index is 0.0140. The highest BCUT2D eigenvalue weighted by atomic mass is 16.5. The lowest BCUT2D eigenvalue weighted by Gasteiger charge is -1.97. The van der Waals surface area contributed by atoms with Crippen LogP contribution in [0.5, 0.6) is 0 Å². The van der Waals surface area contributed by atoms with Crippen molar-refractivity contribution in [3.05, 3.63) is 59.1 Å². The number of esters is 1. The van der Waals surface area contributed by atoms with E-state index in [9.17, 15) is 4.79 Å². The molecule has 0 aliphatic rings. The lowest BCUT2D eigenvalue weighted by atomic mass is 10.1. The number of benzene rings is 1. The van der Waals surface area contributed by atoms with Crippen LogP contribution in [0.2, 0.25) is 0 Å². The van der Waals surface area contributed by atoms with E-state index in [1.54, 1.807) is 13.0 Å². The average Bonchev–Trinajstić information content (AvgIpc) is 3.15. The highest BCUT2D eigenvalue weighted by molar-refractivity contribution is 5.87. The molecule has 0 radical (unpaired) electrons. The van der Waals surface area contributed by atoms with E-state index >= 15 is 0 Å². The van der Waals surface area contributed by atoms with Gasteiger partial charge in [0.05, 0.1) is 0 Å². The van der Waals surface area contributed by atoms with Gasteiger partial charge >= 0.3 is 5.97 Å². The first-order chi connectivity index (χ1) is 10.6. The molecule has 112 valence electrons. The number of carbonyl (C=O) groups is 1. The number of aromatic nitrogens is 2. The highest BCUT2D eigenvalue weighted by Gasteiger charge is 2.14. The molecule has 0 saturated carbocycles. The van der Waals surface area contributed by atoms with Crippen LogP contribution >= 0.6 is 0 Å². The van der Waals surface area contributed by atoms with Crippen molar-refractivity contribution in [3.8, 4) is 11.3 Å². The molecular weight excluding hydrogens is 284 g/mol. The summed E-state index contributed by atoms with van der Waals surface area (Å²) in [6, 6.07) is 11.1. The molecule has 0 atom stereocenters. The van der Waals surface area contributed by atoms with Gasteiger partial charge in [0, 0.05) is 17.7 Å². The zero-order chi connectivity index (χ0) is 15.5. The number of nitrogens with zero attached hydrogens (tertiary/aromatic N) is 2. The van der Waals surface area contributed by atoms with E-state index < -0.39 is 5.97 Å². The Morgan fingerprint density at radius 1 is 1.09 bits per heavy atom. The first-order valence-corrected chi connectivity index (χ1v) is 6.75. The van der Waals surface area contributed by atoms with E-state index in [0.29, 0.717) is 17.2 Å². The minimum atomic E-state index is -0.559. The summed E-state index contributed by atoms with van der Waals surface area (Å²) in [5, 5.41) is 7.49. The zero-order valence-corrected chi connectivity index (χ0v) is 12.2. The van der Waals surface area contributed by atoms with Crippen molar-refractivity contribution in [2.75, 3.05) is 0 Å². The van der Waals surface area contributed by atoms with Gasteiger partial charge in [0.1, 0.15) is 18.1 Å². The van der Waals surface area contributed by atoms with Gasteiger partial charge in [-0.2, -0.15) is 0 Å². The summed E-state index contributed by atoms with van der Waals surface area (Å²) in [6.07, 6.45) is 0. The summed E-state index contributed by atoms with van der Waals surface area (Å²) in [5.41, 5.74) is 2.76. The van der Waals surface area contributed by atoms with Gasteiger partial charge < -0.3 is 13.8 Å². The van der Waals surface area contributed by atoms with Crippen LogP contribution in [0.15, 0.2) is 45.4 Å². The maximum Gasteiger partial charge on any atom is 0.360 e. The SMILES string of the molecule is Cc1ccc(-c2cc(COC(=O)c3cc(C)on3)no2)cc1. The number of hydrogen-bond acceptors (Lipinski definition) is 6. The maximum absolute atomic E-state index is 11.7. The number of hydrogen-bond donors (Lipinski definition) is 0. The van der Waals surface area contributed by atoms with Crippen molar-refractivity contribution < 1.29 is 18.6 Å². The fourth-order valence-corrected chi connectivity index (χ4v) is 1.91. The van der Waals surface area contributed by atoms with Crippen LogP contribution in [0, 0.1) is 13.8 Å². The smallest absolute Gasteiger partial charge is 0.360 e. The maximum atomic E-state index is 11.7. The van der Waals surface area contributed by atoms with E-state index in [4.69, 9.17) is 13.8 Å². The monoisotopic (exact) mass is 298 g/mol. The third-order valence-corrected chi connectivity index (χ3v) is 3.08. The van der Waals surface area contributed by atoms with Crippen LogP contribution in [0.1, 0.15) is 27.5 Å². The molecule has 6 nitrogen and oxygen atoms in total. The molecule has 3 aromatic rings. The largest absolute Gasteiger partial charge is 0.454 e. The Morgan fingerprint density at radius 3 is 2.55 bits per heavy atom. The van der Waals surface area contributed by atoms with Gasteiger partial charge in [-0.05, 0) is 13.8 Å². The van der Waals surface area contributed by atoms with Gasteiger partial charge in [0.2, 0.25) is 0 Å². The van der Waals surface area contributed by atoms with Crippen LogP contribution in [0.4, 0.5) is 0 Å². The minimum Gasteiger partial charge on any atom is -0.454 e. The Hall–Kier alpha value is -2.89. The Balaban J connectivity index is 1.64. The van der Waals surface area contributed by atoms with Crippen LogP contribution in [-0.2, 0) is 11.3 Å². The molecule has 0 bridgehead atoms. The van der Waals surface area contributed by atoms with E-state index in [0.717, 1.165) is 5.56 Å². The predicted molar refractivity (Wildman–Crippen MR) is 77.0 cm³/mol. The fraction of sp³-hybridized carbons (Fsp3) is 0.188. The molecule has 2 aromatic heterocycles. The van der Waals surface area contributed by atoms with Crippen molar-refractivity contribution in [2.24, 2.45) is 0 Å². The Morgan fingerprint density at radius 2 is 1.86 bits per heavy atom. The molecule has 0 aliphatic carbocycles. The van der Waals surface area contributed by atoms with Gasteiger partial charge in [-0.3, -0.25) is 0 Å². The highest BCUT2D eigenvalue weighted by Crippen LogP contribution is 2.21. The van der Waals surface area contributed by atoms with Gasteiger partial charge in [-0.1, -0.05) is 40.1 Å². The Bertz CT molecular complexity index is 787. The van der Waals surface area contributed by atoms with Crippen molar-refractivity contribution >= 4 is 5.97 Å². The van der Waals surface area contributed by atoms with Crippen LogP contribution in [0.3, 0.4) is 0 Å². The summed E-state index contributed by atoms with van der Waals surface area (Å²) in [6.45, 7) is 3.73. The van der Waals surface area contributed by atoms with E-state index in [1.165, 1.54) is 11.6 Å². The predicted octanol–water partition coefficient (Wildman–Crippen LogP) is 3.30. The topological polar surface area (TPSA) is 78.4 Å². The summed E-state index contributed by atoms with van der Waals surface area (Å²) >= 11 is 0. The molecule has 0 fully saturated rings. The van der Waals surface area contributed by atoms with Crippen molar-refractivity contribution in [1.29, 1.82) is 0 Å². The molecule has 0 aliphatic heterocycles. The van der Waals surface area contributed by atoms with Crippen LogP contribution in [0.25, 0.3) is 11.3 Å². The molecule has 0 unspecified atom stereocenters. The quantitative estimate of drug-likeness (QED) is 0.688. The van der Waals surface area contributed by atoms with E-state index in [1.807, 2.05) is 31.2 Å². The molecule has 0 amide bonds. The van der Waals surface area contributed by atoms with Gasteiger partial charge in [-0.15, -0.1) is 0 Å². The number of rotatable bonds is 4. The number of carbonyl (C=O) groups excluding carboxylic acids is 1. The molecular formula is C16H14N2O4. The normalized spacial score (nSPS) is 10.6. The molecule has 3 rings (SSSR count). The first kappa shape index (κ1) is 14.1. The lowest BCUT2D eigenvalue weighted by Crippen LogP contribution is -2.05. The molecule has 6 heteroatoms. The Kier molecular flexibility index (Phi) is 3.74. The van der Waals surface area contributed by atoms with Crippen LogP contribution in [-0.4, -0.2) is 16.3 Å². The molecule has 1 aromatic carbocycles. The molecule has 22 heavy (non-hydrogen) atoms. The second-order valence-electron chi connectivity index (χ2n) is 4.95. The molecule has 2 heterocycles. The molecule has 0 N–H and O–H groups in total. The standard InChI is InChI=1S/C16H14N2O4/c1-10-3-5-12(6-4-10)15-8-13(17-22-15)9-20-16(19)14-7-11(2)21-18-14/h3-8H,9H2,1-2H3. The average molecular weight is 298 g/mol. The van der Waals surface area contributed by atoms with Crippen molar-refractivity contribution in [2.45, 2.75) is 20.5 Å². The van der Waals surface area contributed by atoms with Gasteiger partial charge in [-0.25, -0.2) is 4.79 Å². The van der Waals surface area contributed by atoms with Crippen molar-refractivity contribution in [1.82, 2.24) is 10.3 Å². The summed E-state index contributed by atoms with van der Waals surface area (Å²) < 4.78 is 15.2. The second-order valence-corrected chi connectivity index (χ2v) is 4.95. The third kappa shape index (κ3) is 3.06. The van der Waals surface area contributed by atoms with E-state index in [2.05, 4.69) is 10.3 Å². The first-order valence-electron chi connectivity index (χ1n) is 6.75. The fourth-order valence-electron chi connectivity index (χ4n) is 1.91. The lowest BCUT2D eigenvalue weighted by molar-refractivity contribution is 0.0452. The summed E-state index contributed by atoms with van der Waals surface area (Å²) in [5.74, 6) is 0.620. The van der Waals surface area contributed by atoms with Crippen molar-refractivity contribution in [3.63, 3.8) is 0 Å². The summed E-state index contributed by atoms with van der Waals surface area (Å²) in [4.78, 5) is 11.7.